The van der Waals surface area contributed by atoms with Crippen LogP contribution in [-0.4, -0.2) is 23.7 Å². The maximum atomic E-state index is 13.8. The smallest absolute Gasteiger partial charge is 0.422 e. The molecule has 0 radical (unpaired) electrons. The summed E-state index contributed by atoms with van der Waals surface area (Å²) >= 11 is 5.73. The number of carbonyl (C=O) groups is 1. The average molecular weight is 406 g/mol. The van der Waals surface area contributed by atoms with E-state index in [0.717, 1.165) is 24.4 Å². The molecule has 0 aliphatic heterocycles. The van der Waals surface area contributed by atoms with Crippen molar-refractivity contribution in [2.75, 3.05) is 6.61 Å². The summed E-state index contributed by atoms with van der Waals surface area (Å²) in [7, 11) is 0. The highest BCUT2D eigenvalue weighted by Gasteiger charge is 2.29. The van der Waals surface area contributed by atoms with Gasteiger partial charge in [0, 0.05) is 17.8 Å². The largest absolute Gasteiger partial charge is 0.467 e. The second kappa shape index (κ2) is 8.18. The molecule has 1 aromatic carbocycles. The fourth-order valence-electron chi connectivity index (χ4n) is 1.94. The van der Waals surface area contributed by atoms with Crippen molar-refractivity contribution >= 4 is 17.5 Å². The Balaban J connectivity index is 2.15. The molecule has 2 rings (SSSR count). The SMILES string of the molecule is N#CC(NC(=O)c1cnc(OCC(F)(F)F)c(Cl)c1)c1ccc(F)cc1F. The molecule has 0 spiro atoms. The molecule has 0 fully saturated rings. The van der Waals surface area contributed by atoms with Gasteiger partial charge in [0.25, 0.3) is 5.91 Å². The maximum absolute atomic E-state index is 13.8. The molecule has 0 saturated carbocycles. The van der Waals surface area contributed by atoms with E-state index < -0.39 is 42.2 Å². The van der Waals surface area contributed by atoms with Gasteiger partial charge >= 0.3 is 6.18 Å². The van der Waals surface area contributed by atoms with Gasteiger partial charge in [-0.05, 0) is 12.1 Å². The number of ether oxygens (including phenoxy) is 1. The molecule has 0 saturated heterocycles. The lowest BCUT2D eigenvalue weighted by atomic mass is 10.1. The van der Waals surface area contributed by atoms with Gasteiger partial charge in [-0.15, -0.1) is 0 Å². The summed E-state index contributed by atoms with van der Waals surface area (Å²) in [6.07, 6.45) is -3.72. The number of aromatic nitrogens is 1. The zero-order chi connectivity index (χ0) is 20.2. The number of alkyl halides is 3. The number of benzene rings is 1. The van der Waals surface area contributed by atoms with Gasteiger partial charge in [-0.25, -0.2) is 13.8 Å². The van der Waals surface area contributed by atoms with Crippen molar-refractivity contribution in [3.05, 3.63) is 58.2 Å². The molecular weight excluding hydrogens is 397 g/mol. The van der Waals surface area contributed by atoms with Crippen LogP contribution in [0, 0.1) is 23.0 Å². The van der Waals surface area contributed by atoms with E-state index in [1.807, 2.05) is 0 Å². The van der Waals surface area contributed by atoms with Crippen LogP contribution in [0.5, 0.6) is 5.88 Å². The molecule has 1 aromatic heterocycles. The number of amides is 1. The lowest BCUT2D eigenvalue weighted by molar-refractivity contribution is -0.154. The predicted octanol–water partition coefficient (Wildman–Crippen LogP) is 3.95. The zero-order valence-corrected chi connectivity index (χ0v) is 13.9. The van der Waals surface area contributed by atoms with Gasteiger partial charge in [0.15, 0.2) is 6.61 Å². The second-order valence-electron chi connectivity index (χ2n) is 5.12. The molecule has 2 aromatic rings. The van der Waals surface area contributed by atoms with Crippen molar-refractivity contribution in [2.45, 2.75) is 12.2 Å². The monoisotopic (exact) mass is 405 g/mol. The summed E-state index contributed by atoms with van der Waals surface area (Å²) < 4.78 is 67.5. The number of pyridine rings is 1. The molecule has 0 aliphatic carbocycles. The van der Waals surface area contributed by atoms with E-state index in [9.17, 15) is 26.7 Å². The third-order valence-corrected chi connectivity index (χ3v) is 3.39. The van der Waals surface area contributed by atoms with Crippen molar-refractivity contribution in [3.8, 4) is 11.9 Å². The number of rotatable bonds is 5. The van der Waals surface area contributed by atoms with E-state index in [1.165, 1.54) is 0 Å². The van der Waals surface area contributed by atoms with E-state index in [-0.39, 0.29) is 16.1 Å². The van der Waals surface area contributed by atoms with Gasteiger partial charge in [0.2, 0.25) is 5.88 Å². The number of nitriles is 1. The van der Waals surface area contributed by atoms with Crippen molar-refractivity contribution in [3.63, 3.8) is 0 Å². The van der Waals surface area contributed by atoms with Crippen LogP contribution in [-0.2, 0) is 0 Å². The summed E-state index contributed by atoms with van der Waals surface area (Å²) in [5.41, 5.74) is -0.474. The quantitative estimate of drug-likeness (QED) is 0.764. The predicted molar refractivity (Wildman–Crippen MR) is 83.0 cm³/mol. The van der Waals surface area contributed by atoms with E-state index in [1.54, 1.807) is 6.07 Å². The van der Waals surface area contributed by atoms with Crippen LogP contribution in [0.4, 0.5) is 22.0 Å². The van der Waals surface area contributed by atoms with Crippen LogP contribution < -0.4 is 10.1 Å². The van der Waals surface area contributed by atoms with E-state index in [0.29, 0.717) is 6.07 Å². The van der Waals surface area contributed by atoms with Crippen LogP contribution in [0.3, 0.4) is 0 Å². The number of hydrogen-bond acceptors (Lipinski definition) is 4. The topological polar surface area (TPSA) is 75.0 Å². The molecule has 1 N–H and O–H groups in total. The summed E-state index contributed by atoms with van der Waals surface area (Å²) in [4.78, 5) is 15.7. The van der Waals surface area contributed by atoms with Crippen LogP contribution in [0.1, 0.15) is 22.0 Å². The van der Waals surface area contributed by atoms with Gasteiger partial charge in [0.1, 0.15) is 22.7 Å². The highest BCUT2D eigenvalue weighted by atomic mass is 35.5. The first-order valence-electron chi connectivity index (χ1n) is 7.11. The fraction of sp³-hybridized carbons (Fsp3) is 0.188. The number of nitrogens with zero attached hydrogens (tertiary/aromatic N) is 2. The number of nitrogens with one attached hydrogen (secondary N) is 1. The van der Waals surface area contributed by atoms with Crippen molar-refractivity contribution in [2.24, 2.45) is 0 Å². The van der Waals surface area contributed by atoms with Crippen LogP contribution in [0.2, 0.25) is 5.02 Å². The Morgan fingerprint density at radius 3 is 2.59 bits per heavy atom. The summed E-state index contributed by atoms with van der Waals surface area (Å²) in [5.74, 6) is -3.33. The second-order valence-corrected chi connectivity index (χ2v) is 5.52. The van der Waals surface area contributed by atoms with Crippen molar-refractivity contribution in [1.82, 2.24) is 10.3 Å². The van der Waals surface area contributed by atoms with Crippen LogP contribution >= 0.6 is 11.6 Å². The molecule has 1 heterocycles. The lowest BCUT2D eigenvalue weighted by Crippen LogP contribution is -2.28. The molecule has 1 atom stereocenters. The molecule has 1 unspecified atom stereocenters. The minimum Gasteiger partial charge on any atom is -0.467 e. The summed E-state index contributed by atoms with van der Waals surface area (Å²) in [6.45, 7) is -1.62. The first kappa shape index (κ1) is 20.4. The molecule has 1 amide bonds. The normalized spacial score (nSPS) is 12.2. The van der Waals surface area contributed by atoms with Crippen molar-refractivity contribution in [1.29, 1.82) is 5.26 Å². The fourth-order valence-corrected chi connectivity index (χ4v) is 2.16. The molecule has 27 heavy (non-hydrogen) atoms. The van der Waals surface area contributed by atoms with Gasteiger partial charge in [-0.2, -0.15) is 18.4 Å². The van der Waals surface area contributed by atoms with Gasteiger partial charge in [0.05, 0.1) is 11.6 Å². The summed E-state index contributed by atoms with van der Waals surface area (Å²) in [5, 5.41) is 10.9. The third-order valence-electron chi connectivity index (χ3n) is 3.12. The van der Waals surface area contributed by atoms with E-state index in [4.69, 9.17) is 16.9 Å². The van der Waals surface area contributed by atoms with Gasteiger partial charge < -0.3 is 10.1 Å². The number of hydrogen-bond donors (Lipinski definition) is 1. The molecular formula is C16H9ClF5N3O2. The average Bonchev–Trinajstić information content (AvgIpc) is 2.58. The van der Waals surface area contributed by atoms with E-state index >= 15 is 0 Å². The highest BCUT2D eigenvalue weighted by Crippen LogP contribution is 2.25. The van der Waals surface area contributed by atoms with Gasteiger partial charge in [-0.3, -0.25) is 4.79 Å². The molecule has 11 heteroatoms. The van der Waals surface area contributed by atoms with Crippen LogP contribution in [0.25, 0.3) is 0 Å². The Hall–Kier alpha value is -2.93. The molecule has 142 valence electrons. The molecule has 0 aliphatic rings. The first-order valence-corrected chi connectivity index (χ1v) is 7.49. The van der Waals surface area contributed by atoms with Crippen LogP contribution in [0.15, 0.2) is 30.5 Å². The molecule has 5 nitrogen and oxygen atoms in total. The standard InChI is InChI=1S/C16H9ClF5N3O2/c17-11-3-8(6-24-15(11)27-7-16(20,21)22)14(26)25-13(5-23)10-2-1-9(18)4-12(10)19/h1-4,6,13H,7H2,(H,25,26). The zero-order valence-electron chi connectivity index (χ0n) is 13.1. The maximum Gasteiger partial charge on any atom is 0.422 e. The Morgan fingerprint density at radius 1 is 1.33 bits per heavy atom. The third kappa shape index (κ3) is 5.52. The number of halogens is 6. The first-order chi connectivity index (χ1) is 12.6. The Bertz CT molecular complexity index is 899. The van der Waals surface area contributed by atoms with Crippen molar-refractivity contribution < 1.29 is 31.5 Å². The number of carbonyl (C=O) groups excluding carboxylic acids is 1. The van der Waals surface area contributed by atoms with E-state index in [2.05, 4.69) is 15.0 Å². The Kier molecular flexibility index (Phi) is 6.17. The highest BCUT2D eigenvalue weighted by molar-refractivity contribution is 6.32. The minimum absolute atomic E-state index is 0.206. The Morgan fingerprint density at radius 2 is 2.04 bits per heavy atom. The molecule has 0 bridgehead atoms. The Labute approximate surface area is 154 Å². The van der Waals surface area contributed by atoms with Gasteiger partial charge in [-0.1, -0.05) is 17.7 Å². The lowest BCUT2D eigenvalue weighted by Gasteiger charge is -2.14. The minimum atomic E-state index is -4.60. The summed E-state index contributed by atoms with van der Waals surface area (Å²) in [6, 6.07) is 3.64.